The zero-order chi connectivity index (χ0) is 15.4. The summed E-state index contributed by atoms with van der Waals surface area (Å²) in [6.07, 6.45) is 3.58. The quantitative estimate of drug-likeness (QED) is 0.495. The first-order chi connectivity index (χ1) is 10.8. The Morgan fingerprint density at radius 3 is 2.45 bits per heavy atom. The fourth-order valence-corrected chi connectivity index (χ4v) is 3.14. The van der Waals surface area contributed by atoms with Gasteiger partial charge in [0.25, 0.3) is 0 Å². The summed E-state index contributed by atoms with van der Waals surface area (Å²) in [5, 5.41) is 8.59. The molecule has 0 saturated heterocycles. The third-order valence-corrected chi connectivity index (χ3v) is 4.52. The van der Waals surface area contributed by atoms with E-state index in [9.17, 15) is 0 Å². The minimum atomic E-state index is 0.622. The lowest BCUT2D eigenvalue weighted by Gasteiger charge is -2.06. The minimum absolute atomic E-state index is 0.622. The molecular weight excluding hydrogens is 312 g/mol. The van der Waals surface area contributed by atoms with Crippen LogP contribution in [-0.2, 0) is 0 Å². The van der Waals surface area contributed by atoms with Gasteiger partial charge in [-0.05, 0) is 29.8 Å². The smallest absolute Gasteiger partial charge is 0.126 e. The van der Waals surface area contributed by atoms with E-state index in [2.05, 4.69) is 27.8 Å². The number of hydrogen-bond donors (Lipinski definition) is 3. The van der Waals surface area contributed by atoms with Crippen LogP contribution in [-0.4, -0.2) is 27.5 Å². The fourth-order valence-electron chi connectivity index (χ4n) is 2.21. The van der Waals surface area contributed by atoms with Crippen molar-refractivity contribution < 1.29 is 0 Å². The predicted octanol–water partition coefficient (Wildman–Crippen LogP) is 3.48. The van der Waals surface area contributed by atoms with Crippen LogP contribution < -0.4 is 5.73 Å². The van der Waals surface area contributed by atoms with Gasteiger partial charge in [-0.1, -0.05) is 12.1 Å². The molecule has 0 unspecified atom stereocenters. The van der Waals surface area contributed by atoms with E-state index in [0.717, 1.165) is 38.1 Å². The van der Waals surface area contributed by atoms with E-state index in [1.807, 2.05) is 36.4 Å². The second kappa shape index (κ2) is 7.00. The summed E-state index contributed by atoms with van der Waals surface area (Å²) >= 11 is 6.00. The molecule has 2 heterocycles. The summed E-state index contributed by atoms with van der Waals surface area (Å²) in [7, 11) is 0. The molecule has 0 radical (unpaired) electrons. The third-order valence-electron chi connectivity index (χ3n) is 3.21. The van der Waals surface area contributed by atoms with Gasteiger partial charge in [-0.25, -0.2) is 0 Å². The van der Waals surface area contributed by atoms with Gasteiger partial charge in [0.05, 0.1) is 5.69 Å². The van der Waals surface area contributed by atoms with E-state index in [4.69, 9.17) is 5.73 Å². The van der Waals surface area contributed by atoms with Crippen molar-refractivity contribution >= 4 is 24.4 Å². The van der Waals surface area contributed by atoms with Crippen molar-refractivity contribution in [3.63, 3.8) is 0 Å². The van der Waals surface area contributed by atoms with Crippen molar-refractivity contribution in [3.8, 4) is 22.4 Å². The Hall–Kier alpha value is -1.76. The molecular formula is C16H16N4S2. The normalized spacial score (nSPS) is 10.8. The van der Waals surface area contributed by atoms with E-state index in [-0.39, 0.29) is 0 Å². The Kier molecular flexibility index (Phi) is 4.82. The van der Waals surface area contributed by atoms with Crippen molar-refractivity contribution in [1.82, 2.24) is 15.2 Å². The zero-order valence-electron chi connectivity index (χ0n) is 11.9. The minimum Gasteiger partial charge on any atom is -0.330 e. The van der Waals surface area contributed by atoms with Crippen LogP contribution in [0.3, 0.4) is 0 Å². The second-order valence-electron chi connectivity index (χ2n) is 4.70. The number of thioether (sulfide) groups is 1. The van der Waals surface area contributed by atoms with Gasteiger partial charge < -0.3 is 5.73 Å². The van der Waals surface area contributed by atoms with Crippen molar-refractivity contribution in [2.24, 2.45) is 5.73 Å². The summed E-state index contributed by atoms with van der Waals surface area (Å²) in [5.41, 5.74) is 9.88. The molecule has 3 aromatic rings. The van der Waals surface area contributed by atoms with Gasteiger partial charge in [0, 0.05) is 40.7 Å². The Bertz CT molecular complexity index is 739. The van der Waals surface area contributed by atoms with Crippen LogP contribution in [0.15, 0.2) is 58.7 Å². The average molecular weight is 328 g/mol. The second-order valence-corrected chi connectivity index (χ2v) is 6.30. The molecule has 0 amide bonds. The van der Waals surface area contributed by atoms with E-state index in [1.54, 1.807) is 24.2 Å². The Morgan fingerprint density at radius 2 is 1.77 bits per heavy atom. The molecule has 0 atom stereocenters. The molecule has 0 spiro atoms. The van der Waals surface area contributed by atoms with Gasteiger partial charge in [-0.3, -0.25) is 10.1 Å². The molecule has 0 bridgehead atoms. The molecule has 0 saturated carbocycles. The summed E-state index contributed by atoms with van der Waals surface area (Å²) in [6.45, 7) is 0.622. The van der Waals surface area contributed by atoms with Gasteiger partial charge in [0.1, 0.15) is 5.03 Å². The number of aromatic nitrogens is 3. The van der Waals surface area contributed by atoms with Crippen molar-refractivity contribution in [1.29, 1.82) is 0 Å². The third kappa shape index (κ3) is 3.19. The number of hydrogen-bond acceptors (Lipinski definition) is 5. The van der Waals surface area contributed by atoms with E-state index in [0.29, 0.717) is 6.54 Å². The molecule has 0 aliphatic rings. The van der Waals surface area contributed by atoms with Crippen LogP contribution in [0.5, 0.6) is 0 Å². The number of nitrogens with one attached hydrogen (secondary N) is 1. The van der Waals surface area contributed by atoms with E-state index >= 15 is 0 Å². The van der Waals surface area contributed by atoms with Crippen LogP contribution >= 0.6 is 24.4 Å². The number of pyridine rings is 1. The monoisotopic (exact) mass is 328 g/mol. The summed E-state index contributed by atoms with van der Waals surface area (Å²) < 4.78 is 0. The van der Waals surface area contributed by atoms with Crippen LogP contribution in [0.4, 0.5) is 0 Å². The maximum absolute atomic E-state index is 5.62. The molecule has 2 aromatic heterocycles. The Labute approximate surface area is 139 Å². The lowest BCUT2D eigenvalue weighted by Crippen LogP contribution is -2.01. The molecule has 0 fully saturated rings. The average Bonchev–Trinajstić information content (AvgIpc) is 2.98. The SMILES string of the molecule is NCCSc1n[nH]c(-c2ccc(S)cc2)c1-c1ccncc1. The first-order valence-corrected chi connectivity index (χ1v) is 8.34. The van der Waals surface area contributed by atoms with E-state index in [1.165, 1.54) is 0 Å². The van der Waals surface area contributed by atoms with Gasteiger partial charge >= 0.3 is 0 Å². The summed E-state index contributed by atoms with van der Waals surface area (Å²) in [6, 6.07) is 12.0. The molecule has 3 N–H and O–H groups in total. The number of rotatable bonds is 5. The first-order valence-electron chi connectivity index (χ1n) is 6.90. The Morgan fingerprint density at radius 1 is 1.05 bits per heavy atom. The Balaban J connectivity index is 2.10. The lowest BCUT2D eigenvalue weighted by molar-refractivity contribution is 1.00. The molecule has 0 aliphatic heterocycles. The number of benzene rings is 1. The molecule has 22 heavy (non-hydrogen) atoms. The maximum atomic E-state index is 5.62. The number of nitrogens with two attached hydrogens (primary N) is 1. The lowest BCUT2D eigenvalue weighted by atomic mass is 10.0. The van der Waals surface area contributed by atoms with Gasteiger partial charge in [0.2, 0.25) is 0 Å². The highest BCUT2D eigenvalue weighted by Crippen LogP contribution is 2.37. The highest BCUT2D eigenvalue weighted by molar-refractivity contribution is 7.99. The largest absolute Gasteiger partial charge is 0.330 e. The molecule has 3 rings (SSSR count). The van der Waals surface area contributed by atoms with Crippen molar-refractivity contribution in [2.75, 3.05) is 12.3 Å². The predicted molar refractivity (Wildman–Crippen MR) is 94.3 cm³/mol. The summed E-state index contributed by atoms with van der Waals surface area (Å²) in [5.74, 6) is 0.831. The van der Waals surface area contributed by atoms with Gasteiger partial charge in [-0.15, -0.1) is 24.4 Å². The van der Waals surface area contributed by atoms with Crippen LogP contribution in [0.25, 0.3) is 22.4 Å². The van der Waals surface area contributed by atoms with Crippen LogP contribution in [0.2, 0.25) is 0 Å². The van der Waals surface area contributed by atoms with Crippen LogP contribution in [0, 0.1) is 0 Å². The number of nitrogens with zero attached hydrogens (tertiary/aromatic N) is 2. The zero-order valence-corrected chi connectivity index (χ0v) is 13.6. The molecule has 0 aliphatic carbocycles. The molecule has 112 valence electrons. The number of thiol groups is 1. The van der Waals surface area contributed by atoms with Gasteiger partial charge in [-0.2, -0.15) is 5.10 Å². The van der Waals surface area contributed by atoms with E-state index < -0.39 is 0 Å². The maximum Gasteiger partial charge on any atom is 0.126 e. The van der Waals surface area contributed by atoms with Gasteiger partial charge in [0.15, 0.2) is 0 Å². The summed E-state index contributed by atoms with van der Waals surface area (Å²) in [4.78, 5) is 5.03. The van der Waals surface area contributed by atoms with Crippen molar-refractivity contribution in [2.45, 2.75) is 9.92 Å². The highest BCUT2D eigenvalue weighted by atomic mass is 32.2. The fraction of sp³-hybridized carbons (Fsp3) is 0.125. The first kappa shape index (κ1) is 15.1. The molecule has 4 nitrogen and oxygen atoms in total. The van der Waals surface area contributed by atoms with Crippen LogP contribution in [0.1, 0.15) is 0 Å². The topological polar surface area (TPSA) is 67.6 Å². The standard InChI is InChI=1S/C16H16N4S2/c17-7-10-22-16-14(11-5-8-18-9-6-11)15(19-20-16)12-1-3-13(21)4-2-12/h1-6,8-9,21H,7,10,17H2,(H,19,20). The number of H-pyrrole nitrogens is 1. The highest BCUT2D eigenvalue weighted by Gasteiger charge is 2.16. The molecule has 6 heteroatoms. The van der Waals surface area contributed by atoms with Crippen molar-refractivity contribution in [3.05, 3.63) is 48.8 Å². The molecule has 1 aromatic carbocycles. The number of aromatic amines is 1.